The predicted molar refractivity (Wildman–Crippen MR) is 86.7 cm³/mol. The van der Waals surface area contributed by atoms with Crippen LogP contribution in [-0.2, 0) is 9.59 Å². The number of carbonyl (C=O) groups excluding carboxylic acids is 2. The van der Waals surface area contributed by atoms with Crippen LogP contribution in [0.3, 0.4) is 0 Å². The summed E-state index contributed by atoms with van der Waals surface area (Å²) in [6.45, 7) is 1.77. The van der Waals surface area contributed by atoms with Crippen molar-refractivity contribution in [1.82, 2.24) is 0 Å². The molecule has 102 valence electrons. The highest BCUT2D eigenvalue weighted by Gasteiger charge is 2.36. The fraction of sp³-hybridized carbons (Fsp3) is 0.200. The summed E-state index contributed by atoms with van der Waals surface area (Å²) in [5.41, 5.74) is 2.93. The van der Waals surface area contributed by atoms with E-state index in [9.17, 15) is 9.59 Å². The van der Waals surface area contributed by atoms with Gasteiger partial charge in [-0.1, -0.05) is 17.7 Å². The molecule has 3 nitrogen and oxygen atoms in total. The lowest BCUT2D eigenvalue weighted by atomic mass is 9.96. The third kappa shape index (κ3) is 2.11. The molecule has 0 unspecified atom stereocenters. The normalized spacial score (nSPS) is 18.6. The zero-order valence-corrected chi connectivity index (χ0v) is 13.7. The SMILES string of the molecule is CC1=C2C(=CCC1=O)CC(=O)N2c1ccc(I)cc1Cl. The number of Topliss-reactive ketones (excluding diaryl/α,β-unsaturated/α-hetero) is 1. The first-order valence-corrected chi connectivity index (χ1v) is 7.66. The van der Waals surface area contributed by atoms with E-state index in [1.54, 1.807) is 11.8 Å². The molecule has 20 heavy (non-hydrogen) atoms. The summed E-state index contributed by atoms with van der Waals surface area (Å²) in [5, 5.41) is 0.518. The van der Waals surface area contributed by atoms with E-state index in [-0.39, 0.29) is 11.7 Å². The molecule has 1 aliphatic heterocycles. The average molecular weight is 400 g/mol. The van der Waals surface area contributed by atoms with Gasteiger partial charge in [0.2, 0.25) is 5.91 Å². The Morgan fingerprint density at radius 3 is 2.75 bits per heavy atom. The number of carbonyl (C=O) groups is 2. The monoisotopic (exact) mass is 399 g/mol. The number of nitrogens with zero attached hydrogens (tertiary/aromatic N) is 1. The van der Waals surface area contributed by atoms with Crippen LogP contribution in [0.2, 0.25) is 5.02 Å². The van der Waals surface area contributed by atoms with Gasteiger partial charge in [0.15, 0.2) is 5.78 Å². The zero-order valence-electron chi connectivity index (χ0n) is 10.7. The van der Waals surface area contributed by atoms with Crippen LogP contribution in [-0.4, -0.2) is 11.7 Å². The number of fused-ring (bicyclic) bond motifs is 1. The highest BCUT2D eigenvalue weighted by atomic mass is 127. The lowest BCUT2D eigenvalue weighted by Gasteiger charge is -2.23. The molecule has 0 atom stereocenters. The van der Waals surface area contributed by atoms with Gasteiger partial charge in [-0.3, -0.25) is 14.5 Å². The topological polar surface area (TPSA) is 37.4 Å². The van der Waals surface area contributed by atoms with Crippen LogP contribution < -0.4 is 4.90 Å². The number of halogens is 2. The smallest absolute Gasteiger partial charge is 0.236 e. The van der Waals surface area contributed by atoms with Gasteiger partial charge in [0.1, 0.15) is 0 Å². The van der Waals surface area contributed by atoms with Gasteiger partial charge in [-0.15, -0.1) is 0 Å². The van der Waals surface area contributed by atoms with Crippen LogP contribution in [0.25, 0.3) is 0 Å². The van der Waals surface area contributed by atoms with Crippen molar-refractivity contribution in [3.63, 3.8) is 0 Å². The number of ketones is 1. The Morgan fingerprint density at radius 2 is 2.05 bits per heavy atom. The Hall–Kier alpha value is -1.14. The highest BCUT2D eigenvalue weighted by Crippen LogP contribution is 2.41. The molecule has 0 spiro atoms. The lowest BCUT2D eigenvalue weighted by Crippen LogP contribution is -2.25. The van der Waals surface area contributed by atoms with Crippen LogP contribution >= 0.6 is 34.2 Å². The number of hydrogen-bond donors (Lipinski definition) is 0. The second-order valence-electron chi connectivity index (χ2n) is 4.83. The number of rotatable bonds is 1. The van der Waals surface area contributed by atoms with Crippen molar-refractivity contribution >= 4 is 51.6 Å². The molecule has 1 heterocycles. The number of anilines is 1. The van der Waals surface area contributed by atoms with Gasteiger partial charge in [-0.05, 0) is 53.3 Å². The molecule has 0 radical (unpaired) electrons. The number of amides is 1. The molecule has 0 bridgehead atoms. The van der Waals surface area contributed by atoms with E-state index in [2.05, 4.69) is 22.6 Å². The fourth-order valence-electron chi connectivity index (χ4n) is 2.59. The molecule has 2 aliphatic rings. The van der Waals surface area contributed by atoms with Crippen molar-refractivity contribution in [2.75, 3.05) is 4.90 Å². The van der Waals surface area contributed by atoms with Gasteiger partial charge in [-0.25, -0.2) is 0 Å². The molecular formula is C15H11ClINO2. The summed E-state index contributed by atoms with van der Waals surface area (Å²) in [6, 6.07) is 5.54. The van der Waals surface area contributed by atoms with Crippen LogP contribution in [0.5, 0.6) is 0 Å². The third-order valence-corrected chi connectivity index (χ3v) is 4.55. The van der Waals surface area contributed by atoms with Crippen molar-refractivity contribution in [3.05, 3.63) is 49.7 Å². The van der Waals surface area contributed by atoms with Crippen LogP contribution in [0.4, 0.5) is 5.69 Å². The quantitative estimate of drug-likeness (QED) is 0.673. The molecule has 1 aromatic rings. The first kappa shape index (κ1) is 13.8. The summed E-state index contributed by atoms with van der Waals surface area (Å²) < 4.78 is 1.00. The van der Waals surface area contributed by atoms with Crippen molar-refractivity contribution < 1.29 is 9.59 Å². The molecule has 0 N–H and O–H groups in total. The minimum atomic E-state index is -0.0385. The lowest BCUT2D eigenvalue weighted by molar-refractivity contribution is -0.116. The average Bonchev–Trinajstić information content (AvgIpc) is 2.72. The highest BCUT2D eigenvalue weighted by molar-refractivity contribution is 14.1. The first-order chi connectivity index (χ1) is 9.49. The van der Waals surface area contributed by atoms with Gasteiger partial charge >= 0.3 is 0 Å². The van der Waals surface area contributed by atoms with E-state index in [0.717, 1.165) is 9.14 Å². The molecule has 5 heteroatoms. The minimum absolute atomic E-state index is 0.0385. The molecule has 1 aliphatic carbocycles. The molecule has 1 aromatic carbocycles. The maximum absolute atomic E-state index is 12.3. The summed E-state index contributed by atoms with van der Waals surface area (Å²) in [7, 11) is 0. The van der Waals surface area contributed by atoms with Gasteiger partial charge in [0, 0.05) is 15.6 Å². The van der Waals surface area contributed by atoms with Crippen molar-refractivity contribution in [1.29, 1.82) is 0 Å². The number of benzene rings is 1. The van der Waals surface area contributed by atoms with Gasteiger partial charge < -0.3 is 0 Å². The Bertz CT molecular complexity index is 706. The summed E-state index contributed by atoms with van der Waals surface area (Å²) in [4.78, 5) is 25.8. The standard InChI is InChI=1S/C15H11ClINO2/c1-8-13(19)5-2-9-6-14(20)18(15(8)9)12-4-3-10(17)7-11(12)16/h2-4,7H,5-6H2,1H3. The van der Waals surface area contributed by atoms with Crippen molar-refractivity contribution in [2.45, 2.75) is 19.8 Å². The van der Waals surface area contributed by atoms with E-state index in [1.807, 2.05) is 24.3 Å². The van der Waals surface area contributed by atoms with E-state index < -0.39 is 0 Å². The predicted octanol–water partition coefficient (Wildman–Crippen LogP) is 3.85. The first-order valence-electron chi connectivity index (χ1n) is 6.20. The van der Waals surface area contributed by atoms with Gasteiger partial charge in [0.05, 0.1) is 22.8 Å². The Labute approximate surface area is 135 Å². The third-order valence-electron chi connectivity index (χ3n) is 3.58. The number of hydrogen-bond acceptors (Lipinski definition) is 2. The summed E-state index contributed by atoms with van der Waals surface area (Å²) in [5.74, 6) is 0.0218. The van der Waals surface area contributed by atoms with Gasteiger partial charge in [0.25, 0.3) is 0 Å². The van der Waals surface area contributed by atoms with Crippen LogP contribution in [0, 0.1) is 3.57 Å². The Morgan fingerprint density at radius 1 is 1.30 bits per heavy atom. The second-order valence-corrected chi connectivity index (χ2v) is 6.48. The van der Waals surface area contributed by atoms with E-state index in [0.29, 0.717) is 34.8 Å². The van der Waals surface area contributed by atoms with Crippen LogP contribution in [0.15, 0.2) is 41.1 Å². The van der Waals surface area contributed by atoms with Crippen LogP contribution in [0.1, 0.15) is 19.8 Å². The molecule has 0 saturated carbocycles. The molecule has 1 fully saturated rings. The Kier molecular flexibility index (Phi) is 3.46. The van der Waals surface area contributed by atoms with E-state index in [4.69, 9.17) is 11.6 Å². The van der Waals surface area contributed by atoms with E-state index >= 15 is 0 Å². The summed E-state index contributed by atoms with van der Waals surface area (Å²) >= 11 is 8.43. The summed E-state index contributed by atoms with van der Waals surface area (Å²) in [6.07, 6.45) is 2.57. The molecular weight excluding hydrogens is 389 g/mol. The Balaban J connectivity index is 2.18. The molecule has 1 saturated heterocycles. The molecule has 1 amide bonds. The maximum atomic E-state index is 12.3. The van der Waals surface area contributed by atoms with E-state index in [1.165, 1.54) is 0 Å². The molecule has 3 rings (SSSR count). The maximum Gasteiger partial charge on any atom is 0.236 e. The number of allylic oxidation sites excluding steroid dienone is 3. The van der Waals surface area contributed by atoms with Crippen molar-refractivity contribution in [2.24, 2.45) is 0 Å². The second kappa shape index (κ2) is 5.00. The fourth-order valence-corrected chi connectivity index (χ4v) is 3.53. The van der Waals surface area contributed by atoms with Crippen molar-refractivity contribution in [3.8, 4) is 0 Å². The largest absolute Gasteiger partial charge is 0.294 e. The molecule has 0 aromatic heterocycles. The zero-order chi connectivity index (χ0) is 14.4. The minimum Gasteiger partial charge on any atom is -0.294 e. The van der Waals surface area contributed by atoms with Gasteiger partial charge in [-0.2, -0.15) is 0 Å².